The third kappa shape index (κ3) is 1.56. The predicted octanol–water partition coefficient (Wildman–Crippen LogP) is 3.44. The minimum Gasteiger partial charge on any atom is -0.350 e. The summed E-state index contributed by atoms with van der Waals surface area (Å²) >= 11 is 0. The van der Waals surface area contributed by atoms with E-state index in [1.807, 2.05) is 0 Å². The molecule has 1 heterocycles. The van der Waals surface area contributed by atoms with E-state index in [0.717, 1.165) is 5.92 Å². The second kappa shape index (κ2) is 3.13. The standard InChI is InChI=1S/C14H17N/c1-10-3-6-14-13(7-10)12(9-15(14)2)8-11-4-5-11/h3,6-7,9,11H,4-5,8H2,1-2H3. The second-order valence-corrected chi connectivity index (χ2v) is 4.93. The maximum atomic E-state index is 2.33. The van der Waals surface area contributed by atoms with Crippen molar-refractivity contribution >= 4 is 10.9 Å². The number of hydrogen-bond acceptors (Lipinski definition) is 0. The number of fused-ring (bicyclic) bond motifs is 1. The molecular weight excluding hydrogens is 182 g/mol. The first kappa shape index (κ1) is 9.02. The van der Waals surface area contributed by atoms with Crippen molar-refractivity contribution in [1.29, 1.82) is 0 Å². The Kier molecular flexibility index (Phi) is 1.88. The Hall–Kier alpha value is -1.24. The van der Waals surface area contributed by atoms with Gasteiger partial charge >= 0.3 is 0 Å². The van der Waals surface area contributed by atoms with E-state index in [1.165, 1.54) is 35.7 Å². The first-order valence-electron chi connectivity index (χ1n) is 5.78. The third-order valence-corrected chi connectivity index (χ3v) is 3.43. The van der Waals surface area contributed by atoms with Crippen LogP contribution in [0.5, 0.6) is 0 Å². The van der Waals surface area contributed by atoms with Gasteiger partial charge in [-0.05, 0) is 49.8 Å². The van der Waals surface area contributed by atoms with Gasteiger partial charge in [0, 0.05) is 24.1 Å². The highest BCUT2D eigenvalue weighted by Crippen LogP contribution is 2.35. The van der Waals surface area contributed by atoms with Gasteiger partial charge in [0.05, 0.1) is 0 Å². The molecule has 0 unspecified atom stereocenters. The summed E-state index contributed by atoms with van der Waals surface area (Å²) in [6.45, 7) is 2.17. The summed E-state index contributed by atoms with van der Waals surface area (Å²) < 4.78 is 2.26. The van der Waals surface area contributed by atoms with Gasteiger partial charge in [0.1, 0.15) is 0 Å². The lowest BCUT2D eigenvalue weighted by Crippen LogP contribution is -1.84. The lowest BCUT2D eigenvalue weighted by atomic mass is 10.1. The molecular formula is C14H17N. The molecule has 1 aliphatic carbocycles. The van der Waals surface area contributed by atoms with E-state index in [2.05, 4.69) is 42.9 Å². The normalized spacial score (nSPS) is 16.1. The predicted molar refractivity (Wildman–Crippen MR) is 64.1 cm³/mol. The fraction of sp³-hybridized carbons (Fsp3) is 0.429. The van der Waals surface area contributed by atoms with Gasteiger partial charge in [0.15, 0.2) is 0 Å². The van der Waals surface area contributed by atoms with Crippen LogP contribution in [0.1, 0.15) is 24.0 Å². The molecule has 1 saturated carbocycles. The van der Waals surface area contributed by atoms with Crippen molar-refractivity contribution in [3.05, 3.63) is 35.5 Å². The van der Waals surface area contributed by atoms with Gasteiger partial charge in [-0.1, -0.05) is 11.6 Å². The van der Waals surface area contributed by atoms with Crippen LogP contribution in [0, 0.1) is 12.8 Å². The molecule has 3 rings (SSSR count). The Morgan fingerprint density at radius 1 is 1.33 bits per heavy atom. The summed E-state index contributed by atoms with van der Waals surface area (Å²) in [6.07, 6.45) is 6.45. The number of aryl methyl sites for hydroxylation is 2. The molecule has 0 radical (unpaired) electrons. The highest BCUT2D eigenvalue weighted by molar-refractivity contribution is 5.84. The van der Waals surface area contributed by atoms with Crippen LogP contribution < -0.4 is 0 Å². The molecule has 1 heteroatoms. The number of rotatable bonds is 2. The molecule has 0 atom stereocenters. The van der Waals surface area contributed by atoms with E-state index in [1.54, 1.807) is 5.56 Å². The first-order valence-corrected chi connectivity index (χ1v) is 5.78. The van der Waals surface area contributed by atoms with Crippen molar-refractivity contribution in [3.63, 3.8) is 0 Å². The first-order chi connectivity index (χ1) is 7.24. The molecule has 1 fully saturated rings. The summed E-state index contributed by atoms with van der Waals surface area (Å²) in [5, 5.41) is 1.46. The molecule has 2 aromatic rings. The van der Waals surface area contributed by atoms with E-state index in [0.29, 0.717) is 0 Å². The van der Waals surface area contributed by atoms with Crippen molar-refractivity contribution in [2.24, 2.45) is 13.0 Å². The minimum absolute atomic E-state index is 0.969. The van der Waals surface area contributed by atoms with E-state index in [-0.39, 0.29) is 0 Å². The molecule has 15 heavy (non-hydrogen) atoms. The molecule has 0 amide bonds. The quantitative estimate of drug-likeness (QED) is 0.698. The molecule has 1 nitrogen and oxygen atoms in total. The zero-order valence-electron chi connectivity index (χ0n) is 9.46. The van der Waals surface area contributed by atoms with Gasteiger partial charge in [-0.15, -0.1) is 0 Å². The highest BCUT2D eigenvalue weighted by Gasteiger charge is 2.23. The maximum Gasteiger partial charge on any atom is 0.0480 e. The Balaban J connectivity index is 2.14. The lowest BCUT2D eigenvalue weighted by Gasteiger charge is -1.98. The van der Waals surface area contributed by atoms with Crippen molar-refractivity contribution in [2.75, 3.05) is 0 Å². The van der Waals surface area contributed by atoms with Crippen LogP contribution in [0.3, 0.4) is 0 Å². The average Bonchev–Trinajstić information content (AvgIpc) is 2.95. The second-order valence-electron chi connectivity index (χ2n) is 4.93. The molecule has 0 aliphatic heterocycles. The van der Waals surface area contributed by atoms with Crippen LogP contribution >= 0.6 is 0 Å². The molecule has 0 spiro atoms. The third-order valence-electron chi connectivity index (χ3n) is 3.43. The highest BCUT2D eigenvalue weighted by atomic mass is 14.9. The van der Waals surface area contributed by atoms with Crippen molar-refractivity contribution < 1.29 is 0 Å². The zero-order valence-corrected chi connectivity index (χ0v) is 9.46. The zero-order chi connectivity index (χ0) is 10.4. The summed E-state index contributed by atoms with van der Waals surface area (Å²) in [5.41, 5.74) is 4.28. The molecule has 0 saturated heterocycles. The van der Waals surface area contributed by atoms with E-state index >= 15 is 0 Å². The number of aromatic nitrogens is 1. The fourth-order valence-corrected chi connectivity index (χ4v) is 2.38. The SMILES string of the molecule is Cc1ccc2c(c1)c(CC1CC1)cn2C. The fourth-order valence-electron chi connectivity index (χ4n) is 2.38. The molecule has 1 aromatic heterocycles. The van der Waals surface area contributed by atoms with E-state index in [4.69, 9.17) is 0 Å². The average molecular weight is 199 g/mol. The molecule has 1 aromatic carbocycles. The largest absolute Gasteiger partial charge is 0.350 e. The van der Waals surface area contributed by atoms with Gasteiger partial charge in [0.25, 0.3) is 0 Å². The monoisotopic (exact) mass is 199 g/mol. The van der Waals surface area contributed by atoms with Crippen molar-refractivity contribution in [1.82, 2.24) is 4.57 Å². The van der Waals surface area contributed by atoms with Crippen LogP contribution in [0.2, 0.25) is 0 Å². The van der Waals surface area contributed by atoms with Crippen molar-refractivity contribution in [2.45, 2.75) is 26.2 Å². The van der Waals surface area contributed by atoms with Gasteiger partial charge in [-0.3, -0.25) is 0 Å². The van der Waals surface area contributed by atoms with Gasteiger partial charge in [0.2, 0.25) is 0 Å². The molecule has 1 aliphatic rings. The Labute approximate surface area is 90.7 Å². The summed E-state index contributed by atoms with van der Waals surface area (Å²) in [4.78, 5) is 0. The lowest BCUT2D eigenvalue weighted by molar-refractivity contribution is 0.829. The molecule has 0 N–H and O–H groups in total. The topological polar surface area (TPSA) is 4.93 Å². The Morgan fingerprint density at radius 3 is 2.87 bits per heavy atom. The number of nitrogens with zero attached hydrogens (tertiary/aromatic N) is 1. The Bertz CT molecular complexity index is 503. The van der Waals surface area contributed by atoms with E-state index in [9.17, 15) is 0 Å². The van der Waals surface area contributed by atoms with Crippen molar-refractivity contribution in [3.8, 4) is 0 Å². The van der Waals surface area contributed by atoms with E-state index < -0.39 is 0 Å². The number of hydrogen-bond donors (Lipinski definition) is 0. The van der Waals surface area contributed by atoms with Crippen LogP contribution in [-0.4, -0.2) is 4.57 Å². The maximum absolute atomic E-state index is 2.33. The van der Waals surface area contributed by atoms with Crippen LogP contribution in [0.25, 0.3) is 10.9 Å². The van der Waals surface area contributed by atoms with Crippen LogP contribution in [0.4, 0.5) is 0 Å². The smallest absolute Gasteiger partial charge is 0.0480 e. The number of benzene rings is 1. The Morgan fingerprint density at radius 2 is 2.13 bits per heavy atom. The van der Waals surface area contributed by atoms with Gasteiger partial charge in [-0.25, -0.2) is 0 Å². The summed E-state index contributed by atoms with van der Waals surface area (Å²) in [7, 11) is 2.15. The minimum atomic E-state index is 0.969. The molecule has 0 bridgehead atoms. The molecule has 78 valence electrons. The van der Waals surface area contributed by atoms with Crippen LogP contribution in [-0.2, 0) is 13.5 Å². The van der Waals surface area contributed by atoms with Gasteiger partial charge < -0.3 is 4.57 Å². The van der Waals surface area contributed by atoms with Crippen LogP contribution in [0.15, 0.2) is 24.4 Å². The summed E-state index contributed by atoms with van der Waals surface area (Å²) in [6, 6.07) is 6.76. The summed E-state index contributed by atoms with van der Waals surface area (Å²) in [5.74, 6) is 0.969. The van der Waals surface area contributed by atoms with Gasteiger partial charge in [-0.2, -0.15) is 0 Å².